The third kappa shape index (κ3) is 4.48. The SMILES string of the molecule is CC(C)CN(C)C(=O)c1nn(C(C)(C)C)c2nc(NC(=O)c3ccccc3)sc12. The van der Waals surface area contributed by atoms with Gasteiger partial charge in [-0.2, -0.15) is 10.1 Å². The van der Waals surface area contributed by atoms with Crippen LogP contribution in [0.25, 0.3) is 10.3 Å². The lowest BCUT2D eigenvalue weighted by atomic mass is 10.1. The number of hydrogen-bond donors (Lipinski definition) is 1. The molecule has 0 aliphatic rings. The van der Waals surface area contributed by atoms with Crippen molar-refractivity contribution in [3.05, 3.63) is 41.6 Å². The third-order valence-corrected chi connectivity index (χ3v) is 5.27. The third-order valence-electron chi connectivity index (χ3n) is 4.31. The van der Waals surface area contributed by atoms with Crippen LogP contribution in [-0.2, 0) is 5.54 Å². The van der Waals surface area contributed by atoms with E-state index in [4.69, 9.17) is 0 Å². The predicted octanol–water partition coefficient (Wildman–Crippen LogP) is 4.23. The minimum atomic E-state index is -0.359. The molecule has 3 aromatic rings. The van der Waals surface area contributed by atoms with Crippen LogP contribution in [0.3, 0.4) is 0 Å². The van der Waals surface area contributed by atoms with Crippen molar-refractivity contribution in [1.29, 1.82) is 0 Å². The Kier molecular flexibility index (Phi) is 5.75. The molecule has 0 aliphatic heterocycles. The van der Waals surface area contributed by atoms with Gasteiger partial charge in [0.1, 0.15) is 4.70 Å². The highest BCUT2D eigenvalue weighted by Gasteiger charge is 2.28. The van der Waals surface area contributed by atoms with Crippen molar-refractivity contribution < 1.29 is 9.59 Å². The summed E-state index contributed by atoms with van der Waals surface area (Å²) in [6.07, 6.45) is 0. The van der Waals surface area contributed by atoms with Gasteiger partial charge in [-0.1, -0.05) is 43.4 Å². The number of hydrogen-bond acceptors (Lipinski definition) is 5. The molecule has 2 heterocycles. The molecule has 29 heavy (non-hydrogen) atoms. The van der Waals surface area contributed by atoms with Crippen molar-refractivity contribution in [2.75, 3.05) is 18.9 Å². The number of carbonyl (C=O) groups is 2. The lowest BCUT2D eigenvalue weighted by molar-refractivity contribution is 0.0773. The maximum absolute atomic E-state index is 13.0. The number of carbonyl (C=O) groups excluding carboxylic acids is 2. The van der Waals surface area contributed by atoms with Crippen LogP contribution in [0.15, 0.2) is 30.3 Å². The molecule has 2 aromatic heterocycles. The molecule has 3 rings (SSSR count). The van der Waals surface area contributed by atoms with Gasteiger partial charge in [0.15, 0.2) is 16.5 Å². The maximum Gasteiger partial charge on any atom is 0.275 e. The Balaban J connectivity index is 2.00. The summed E-state index contributed by atoms with van der Waals surface area (Å²) in [5.41, 5.74) is 1.17. The molecule has 7 nitrogen and oxygen atoms in total. The summed E-state index contributed by atoms with van der Waals surface area (Å²) in [4.78, 5) is 31.8. The highest BCUT2D eigenvalue weighted by Crippen LogP contribution is 2.33. The summed E-state index contributed by atoms with van der Waals surface area (Å²) in [6.45, 7) is 10.8. The number of fused-ring (bicyclic) bond motifs is 1. The van der Waals surface area contributed by atoms with E-state index in [0.717, 1.165) is 0 Å². The van der Waals surface area contributed by atoms with Gasteiger partial charge in [0.2, 0.25) is 0 Å². The molecular weight excluding hydrogens is 386 g/mol. The standard InChI is InChI=1S/C21H27N5O2S/c1-13(2)12-25(6)19(28)15-16-17(26(24-15)21(3,4)5)22-20(29-16)23-18(27)14-10-8-7-9-11-14/h7-11,13H,12H2,1-6H3,(H,22,23,27). The zero-order valence-corrected chi connectivity index (χ0v) is 18.5. The molecule has 0 radical (unpaired) electrons. The van der Waals surface area contributed by atoms with Crippen LogP contribution in [0, 0.1) is 5.92 Å². The average Bonchev–Trinajstić information content (AvgIpc) is 3.19. The Morgan fingerprint density at radius 1 is 1.21 bits per heavy atom. The van der Waals surface area contributed by atoms with E-state index in [1.165, 1.54) is 11.3 Å². The zero-order chi connectivity index (χ0) is 21.3. The number of rotatable bonds is 5. The Labute approximate surface area is 174 Å². The van der Waals surface area contributed by atoms with E-state index in [-0.39, 0.29) is 17.4 Å². The highest BCUT2D eigenvalue weighted by atomic mass is 32.1. The van der Waals surface area contributed by atoms with Gasteiger partial charge in [0.25, 0.3) is 11.8 Å². The zero-order valence-electron chi connectivity index (χ0n) is 17.7. The lowest BCUT2D eigenvalue weighted by Crippen LogP contribution is -2.31. The molecule has 0 spiro atoms. The van der Waals surface area contributed by atoms with Gasteiger partial charge in [-0.3, -0.25) is 14.9 Å². The molecule has 8 heteroatoms. The molecule has 0 bridgehead atoms. The Hall–Kier alpha value is -2.74. The first-order chi connectivity index (χ1) is 13.6. The predicted molar refractivity (Wildman–Crippen MR) is 117 cm³/mol. The first-order valence-electron chi connectivity index (χ1n) is 9.60. The van der Waals surface area contributed by atoms with Crippen LogP contribution in [0.2, 0.25) is 0 Å². The number of amides is 2. The quantitative estimate of drug-likeness (QED) is 0.679. The van der Waals surface area contributed by atoms with E-state index in [0.29, 0.717) is 39.2 Å². The number of thiazole rings is 1. The number of nitrogens with one attached hydrogen (secondary N) is 1. The molecule has 1 N–H and O–H groups in total. The first-order valence-corrected chi connectivity index (χ1v) is 10.4. The molecule has 1 aromatic carbocycles. The summed E-state index contributed by atoms with van der Waals surface area (Å²) < 4.78 is 2.44. The van der Waals surface area contributed by atoms with Crippen molar-refractivity contribution in [2.24, 2.45) is 5.92 Å². The smallest absolute Gasteiger partial charge is 0.275 e. The highest BCUT2D eigenvalue weighted by molar-refractivity contribution is 7.22. The Morgan fingerprint density at radius 3 is 2.45 bits per heavy atom. The summed E-state index contributed by atoms with van der Waals surface area (Å²) in [5, 5.41) is 7.88. The second kappa shape index (κ2) is 7.94. The first kappa shape index (κ1) is 21.0. The number of aromatic nitrogens is 3. The monoisotopic (exact) mass is 413 g/mol. The van der Waals surface area contributed by atoms with Crippen LogP contribution in [0.5, 0.6) is 0 Å². The van der Waals surface area contributed by atoms with Crippen molar-refractivity contribution in [3.8, 4) is 0 Å². The molecule has 154 valence electrons. The molecule has 0 atom stereocenters. The summed E-state index contributed by atoms with van der Waals surface area (Å²) in [6, 6.07) is 8.97. The summed E-state index contributed by atoms with van der Waals surface area (Å²) in [7, 11) is 1.78. The summed E-state index contributed by atoms with van der Waals surface area (Å²) in [5.74, 6) is -0.0234. The van der Waals surface area contributed by atoms with Crippen molar-refractivity contribution in [3.63, 3.8) is 0 Å². The molecule has 0 saturated heterocycles. The van der Waals surface area contributed by atoms with Crippen LogP contribution >= 0.6 is 11.3 Å². The second-order valence-electron chi connectivity index (χ2n) is 8.50. The van der Waals surface area contributed by atoms with E-state index in [1.807, 2.05) is 39.0 Å². The van der Waals surface area contributed by atoms with E-state index >= 15 is 0 Å². The van der Waals surface area contributed by atoms with Crippen LogP contribution in [0.1, 0.15) is 55.5 Å². The lowest BCUT2D eigenvalue weighted by Gasteiger charge is -2.20. The topological polar surface area (TPSA) is 80.1 Å². The van der Waals surface area contributed by atoms with Gasteiger partial charge in [-0.15, -0.1) is 0 Å². The van der Waals surface area contributed by atoms with E-state index in [2.05, 4.69) is 29.2 Å². The molecule has 0 fully saturated rings. The summed E-state index contributed by atoms with van der Waals surface area (Å²) >= 11 is 1.27. The molecular formula is C21H27N5O2S. The Morgan fingerprint density at radius 2 is 1.86 bits per heavy atom. The maximum atomic E-state index is 13.0. The minimum Gasteiger partial charge on any atom is -0.340 e. The average molecular weight is 414 g/mol. The molecule has 0 aliphatic carbocycles. The van der Waals surface area contributed by atoms with Gasteiger partial charge in [0.05, 0.1) is 5.54 Å². The fraction of sp³-hybridized carbons (Fsp3) is 0.429. The Bertz CT molecular complexity index is 1030. The van der Waals surface area contributed by atoms with E-state index in [1.54, 1.807) is 28.8 Å². The minimum absolute atomic E-state index is 0.142. The van der Waals surface area contributed by atoms with E-state index in [9.17, 15) is 9.59 Å². The molecule has 0 saturated carbocycles. The van der Waals surface area contributed by atoms with Gasteiger partial charge in [0, 0.05) is 19.2 Å². The van der Waals surface area contributed by atoms with Crippen LogP contribution < -0.4 is 5.32 Å². The van der Waals surface area contributed by atoms with Gasteiger partial charge < -0.3 is 4.90 Å². The fourth-order valence-electron chi connectivity index (χ4n) is 3.03. The normalized spacial score (nSPS) is 11.8. The fourth-order valence-corrected chi connectivity index (χ4v) is 3.95. The van der Waals surface area contributed by atoms with Crippen LogP contribution in [0.4, 0.5) is 5.13 Å². The van der Waals surface area contributed by atoms with E-state index < -0.39 is 0 Å². The number of anilines is 1. The van der Waals surface area contributed by atoms with Gasteiger partial charge in [-0.05, 0) is 38.8 Å². The van der Waals surface area contributed by atoms with Crippen molar-refractivity contribution >= 4 is 38.6 Å². The van der Waals surface area contributed by atoms with Crippen LogP contribution in [-0.4, -0.2) is 45.1 Å². The number of nitrogens with zero attached hydrogens (tertiary/aromatic N) is 4. The van der Waals surface area contributed by atoms with Gasteiger partial charge >= 0.3 is 0 Å². The number of benzene rings is 1. The van der Waals surface area contributed by atoms with Gasteiger partial charge in [-0.25, -0.2) is 4.68 Å². The largest absolute Gasteiger partial charge is 0.340 e. The molecule has 0 unspecified atom stereocenters. The molecule has 2 amide bonds. The van der Waals surface area contributed by atoms with Crippen molar-refractivity contribution in [1.82, 2.24) is 19.7 Å². The van der Waals surface area contributed by atoms with Crippen molar-refractivity contribution in [2.45, 2.75) is 40.2 Å². The second-order valence-corrected chi connectivity index (χ2v) is 9.50.